The Hall–Kier alpha value is -2.45. The first kappa shape index (κ1) is 12.6. The Kier molecular flexibility index (Phi) is 3.57. The molecule has 20 heavy (non-hydrogen) atoms. The number of hydrogen-bond donors (Lipinski definition) is 1. The molecule has 0 unspecified atom stereocenters. The molecule has 0 radical (unpaired) electrons. The standard InChI is InChI=1S/C18H15NO/c20-13-17-11-16(14-7-3-1-4-8-14)12-18(19-17)15-9-5-2-6-10-15/h1-12,20H,13H2. The Morgan fingerprint density at radius 3 is 1.90 bits per heavy atom. The number of rotatable bonds is 3. The van der Waals surface area contributed by atoms with Crippen LogP contribution in [-0.2, 0) is 6.61 Å². The summed E-state index contributed by atoms with van der Waals surface area (Å²) in [6, 6.07) is 24.1. The van der Waals surface area contributed by atoms with Crippen LogP contribution in [0.5, 0.6) is 0 Å². The molecule has 0 aliphatic heterocycles. The lowest BCUT2D eigenvalue weighted by atomic mass is 10.0. The van der Waals surface area contributed by atoms with Crippen molar-refractivity contribution in [3.05, 3.63) is 78.5 Å². The molecule has 1 heterocycles. The van der Waals surface area contributed by atoms with Gasteiger partial charge in [-0.1, -0.05) is 60.7 Å². The fourth-order valence-electron chi connectivity index (χ4n) is 2.22. The van der Waals surface area contributed by atoms with Crippen molar-refractivity contribution in [2.75, 3.05) is 0 Å². The summed E-state index contributed by atoms with van der Waals surface area (Å²) in [6.45, 7) is -0.0551. The van der Waals surface area contributed by atoms with Crippen LogP contribution in [0.4, 0.5) is 0 Å². The van der Waals surface area contributed by atoms with E-state index in [1.165, 1.54) is 0 Å². The lowest BCUT2D eigenvalue weighted by Gasteiger charge is -2.08. The van der Waals surface area contributed by atoms with Crippen LogP contribution in [0.1, 0.15) is 5.69 Å². The van der Waals surface area contributed by atoms with Crippen LogP contribution in [0.3, 0.4) is 0 Å². The maximum Gasteiger partial charge on any atom is 0.0853 e. The first-order chi connectivity index (χ1) is 9.86. The van der Waals surface area contributed by atoms with Crippen molar-refractivity contribution in [2.24, 2.45) is 0 Å². The highest BCUT2D eigenvalue weighted by Crippen LogP contribution is 2.25. The number of nitrogens with zero attached hydrogens (tertiary/aromatic N) is 1. The normalized spacial score (nSPS) is 10.4. The number of pyridine rings is 1. The molecule has 0 saturated heterocycles. The van der Waals surface area contributed by atoms with E-state index in [0.29, 0.717) is 5.69 Å². The molecular weight excluding hydrogens is 246 g/mol. The third-order valence-corrected chi connectivity index (χ3v) is 3.22. The number of benzene rings is 2. The van der Waals surface area contributed by atoms with Crippen molar-refractivity contribution in [3.63, 3.8) is 0 Å². The second-order valence-electron chi connectivity index (χ2n) is 4.62. The van der Waals surface area contributed by atoms with Gasteiger partial charge in [0.25, 0.3) is 0 Å². The van der Waals surface area contributed by atoms with Crippen molar-refractivity contribution in [2.45, 2.75) is 6.61 Å². The zero-order valence-electron chi connectivity index (χ0n) is 11.0. The van der Waals surface area contributed by atoms with E-state index >= 15 is 0 Å². The van der Waals surface area contributed by atoms with E-state index in [9.17, 15) is 5.11 Å². The van der Waals surface area contributed by atoms with Crippen LogP contribution < -0.4 is 0 Å². The molecule has 0 amide bonds. The summed E-state index contributed by atoms with van der Waals surface area (Å²) >= 11 is 0. The number of aliphatic hydroxyl groups is 1. The molecule has 98 valence electrons. The molecule has 1 aromatic heterocycles. The first-order valence-electron chi connectivity index (χ1n) is 6.59. The zero-order valence-corrected chi connectivity index (χ0v) is 11.0. The summed E-state index contributed by atoms with van der Waals surface area (Å²) in [5.74, 6) is 0. The van der Waals surface area contributed by atoms with Crippen molar-refractivity contribution < 1.29 is 5.11 Å². The van der Waals surface area contributed by atoms with Crippen LogP contribution in [0.15, 0.2) is 72.8 Å². The number of hydrogen-bond acceptors (Lipinski definition) is 2. The van der Waals surface area contributed by atoms with E-state index in [-0.39, 0.29) is 6.61 Å². The predicted molar refractivity (Wildman–Crippen MR) is 81.0 cm³/mol. The van der Waals surface area contributed by atoms with Crippen LogP contribution >= 0.6 is 0 Å². The Morgan fingerprint density at radius 1 is 0.700 bits per heavy atom. The fourth-order valence-corrected chi connectivity index (χ4v) is 2.22. The maximum atomic E-state index is 9.42. The van der Waals surface area contributed by atoms with Crippen LogP contribution in [0.2, 0.25) is 0 Å². The molecule has 0 bridgehead atoms. The Labute approximate surface area is 118 Å². The number of aromatic nitrogens is 1. The minimum Gasteiger partial charge on any atom is -0.390 e. The van der Waals surface area contributed by atoms with E-state index in [4.69, 9.17) is 0 Å². The van der Waals surface area contributed by atoms with Gasteiger partial charge in [-0.3, -0.25) is 4.98 Å². The van der Waals surface area contributed by atoms with Gasteiger partial charge in [0.1, 0.15) is 0 Å². The van der Waals surface area contributed by atoms with Crippen molar-refractivity contribution in [1.29, 1.82) is 0 Å². The Bertz CT molecular complexity index is 635. The second-order valence-corrected chi connectivity index (χ2v) is 4.62. The van der Waals surface area contributed by atoms with Crippen LogP contribution in [0, 0.1) is 0 Å². The molecule has 2 nitrogen and oxygen atoms in total. The van der Waals surface area contributed by atoms with E-state index in [0.717, 1.165) is 22.4 Å². The van der Waals surface area contributed by atoms with Gasteiger partial charge in [0.2, 0.25) is 0 Å². The van der Waals surface area contributed by atoms with Gasteiger partial charge in [-0.05, 0) is 23.3 Å². The molecule has 0 fully saturated rings. The predicted octanol–water partition coefficient (Wildman–Crippen LogP) is 3.91. The molecule has 0 atom stereocenters. The second kappa shape index (κ2) is 5.68. The lowest BCUT2D eigenvalue weighted by Crippen LogP contribution is -1.94. The van der Waals surface area contributed by atoms with Gasteiger partial charge in [-0.2, -0.15) is 0 Å². The monoisotopic (exact) mass is 261 g/mol. The summed E-state index contributed by atoms with van der Waals surface area (Å²) < 4.78 is 0. The van der Waals surface area contributed by atoms with Crippen molar-refractivity contribution in [1.82, 2.24) is 4.98 Å². The minimum atomic E-state index is -0.0551. The van der Waals surface area contributed by atoms with Gasteiger partial charge in [0.05, 0.1) is 18.0 Å². The quantitative estimate of drug-likeness (QED) is 0.775. The summed E-state index contributed by atoms with van der Waals surface area (Å²) in [5.41, 5.74) is 4.83. The van der Waals surface area contributed by atoms with E-state index in [1.807, 2.05) is 54.6 Å². The molecule has 3 rings (SSSR count). The van der Waals surface area contributed by atoms with Gasteiger partial charge >= 0.3 is 0 Å². The third kappa shape index (κ3) is 2.60. The van der Waals surface area contributed by atoms with Gasteiger partial charge in [-0.15, -0.1) is 0 Å². The lowest BCUT2D eigenvalue weighted by molar-refractivity contribution is 0.277. The highest BCUT2D eigenvalue weighted by atomic mass is 16.3. The molecule has 3 aromatic rings. The molecule has 2 aromatic carbocycles. The third-order valence-electron chi connectivity index (χ3n) is 3.22. The van der Waals surface area contributed by atoms with Crippen LogP contribution in [0.25, 0.3) is 22.4 Å². The van der Waals surface area contributed by atoms with Gasteiger partial charge in [0.15, 0.2) is 0 Å². The topological polar surface area (TPSA) is 33.1 Å². The molecule has 0 saturated carbocycles. The Balaban J connectivity index is 2.13. The zero-order chi connectivity index (χ0) is 13.8. The van der Waals surface area contributed by atoms with Gasteiger partial charge < -0.3 is 5.11 Å². The molecule has 0 aliphatic rings. The smallest absolute Gasteiger partial charge is 0.0853 e. The first-order valence-corrected chi connectivity index (χ1v) is 6.59. The van der Waals surface area contributed by atoms with E-state index in [1.54, 1.807) is 0 Å². The SMILES string of the molecule is OCc1cc(-c2ccccc2)cc(-c2ccccc2)n1. The fraction of sp³-hybridized carbons (Fsp3) is 0.0556. The highest BCUT2D eigenvalue weighted by Gasteiger charge is 2.06. The highest BCUT2D eigenvalue weighted by molar-refractivity contribution is 5.70. The Morgan fingerprint density at radius 2 is 1.30 bits per heavy atom. The summed E-state index contributed by atoms with van der Waals surface area (Å²) in [7, 11) is 0. The van der Waals surface area contributed by atoms with Crippen LogP contribution in [-0.4, -0.2) is 10.1 Å². The maximum absolute atomic E-state index is 9.42. The minimum absolute atomic E-state index is 0.0551. The largest absolute Gasteiger partial charge is 0.390 e. The average molecular weight is 261 g/mol. The molecule has 2 heteroatoms. The number of aliphatic hydroxyl groups excluding tert-OH is 1. The van der Waals surface area contributed by atoms with Crippen molar-refractivity contribution in [3.8, 4) is 22.4 Å². The van der Waals surface area contributed by atoms with Gasteiger partial charge in [0, 0.05) is 5.56 Å². The van der Waals surface area contributed by atoms with E-state index < -0.39 is 0 Å². The summed E-state index contributed by atoms with van der Waals surface area (Å²) in [5, 5.41) is 9.42. The van der Waals surface area contributed by atoms with Gasteiger partial charge in [-0.25, -0.2) is 0 Å². The van der Waals surface area contributed by atoms with Crippen molar-refractivity contribution >= 4 is 0 Å². The molecule has 1 N–H and O–H groups in total. The summed E-state index contributed by atoms with van der Waals surface area (Å²) in [6.07, 6.45) is 0. The van der Waals surface area contributed by atoms with E-state index in [2.05, 4.69) is 23.2 Å². The summed E-state index contributed by atoms with van der Waals surface area (Å²) in [4.78, 5) is 4.50. The molecule has 0 spiro atoms. The molecule has 0 aliphatic carbocycles. The average Bonchev–Trinajstić information content (AvgIpc) is 2.56. The molecular formula is C18H15NO.